The van der Waals surface area contributed by atoms with Gasteiger partial charge < -0.3 is 9.80 Å². The Kier molecular flexibility index (Phi) is 7.66. The Morgan fingerprint density at radius 2 is 1.73 bits per heavy atom. The summed E-state index contributed by atoms with van der Waals surface area (Å²) in [5.74, 6) is 1.31. The average Bonchev–Trinajstić information content (AvgIpc) is 3.67. The van der Waals surface area contributed by atoms with Crippen LogP contribution >= 0.6 is 23.1 Å². The van der Waals surface area contributed by atoms with Gasteiger partial charge in [0.15, 0.2) is 11.0 Å². The molecule has 1 aliphatic rings. The number of anilines is 1. The van der Waals surface area contributed by atoms with Crippen molar-refractivity contribution in [1.29, 1.82) is 0 Å². The third kappa shape index (κ3) is 5.52. The van der Waals surface area contributed by atoms with Crippen LogP contribution in [-0.2, 0) is 5.75 Å². The lowest BCUT2D eigenvalue weighted by atomic mass is 10.1. The molecule has 0 unspecified atom stereocenters. The summed E-state index contributed by atoms with van der Waals surface area (Å²) in [7, 11) is 0. The zero-order valence-corrected chi connectivity index (χ0v) is 23.7. The summed E-state index contributed by atoms with van der Waals surface area (Å²) in [6.45, 7) is 4.42. The van der Waals surface area contributed by atoms with Gasteiger partial charge in [-0.05, 0) is 65.9 Å². The number of rotatable bonds is 7. The molecule has 1 fully saturated rings. The first-order chi connectivity index (χ1) is 19.6. The van der Waals surface area contributed by atoms with Gasteiger partial charge in [0.1, 0.15) is 5.82 Å². The maximum absolute atomic E-state index is 14.2. The number of amides is 1. The molecule has 202 valence electrons. The molecule has 9 heteroatoms. The van der Waals surface area contributed by atoms with E-state index >= 15 is 0 Å². The first kappa shape index (κ1) is 26.3. The van der Waals surface area contributed by atoms with Crippen molar-refractivity contribution in [3.05, 3.63) is 113 Å². The predicted molar refractivity (Wildman–Crippen MR) is 160 cm³/mol. The van der Waals surface area contributed by atoms with E-state index in [4.69, 9.17) is 0 Å². The van der Waals surface area contributed by atoms with Crippen molar-refractivity contribution in [2.24, 2.45) is 0 Å². The number of benzene rings is 3. The van der Waals surface area contributed by atoms with Crippen LogP contribution in [-0.4, -0.2) is 51.8 Å². The van der Waals surface area contributed by atoms with Crippen molar-refractivity contribution in [2.75, 3.05) is 31.1 Å². The van der Waals surface area contributed by atoms with E-state index in [0.717, 1.165) is 27.1 Å². The number of thioether (sulfide) groups is 1. The fourth-order valence-corrected chi connectivity index (χ4v) is 6.47. The molecular weight excluding hydrogens is 542 g/mol. The molecule has 40 heavy (non-hydrogen) atoms. The second-order valence-electron chi connectivity index (χ2n) is 9.67. The van der Waals surface area contributed by atoms with E-state index in [1.54, 1.807) is 35.2 Å². The van der Waals surface area contributed by atoms with Gasteiger partial charge in [0.25, 0.3) is 5.91 Å². The van der Waals surface area contributed by atoms with Gasteiger partial charge in [-0.3, -0.25) is 9.36 Å². The molecule has 0 saturated carbocycles. The molecule has 5 aromatic rings. The Labute approximate surface area is 241 Å². The van der Waals surface area contributed by atoms with Gasteiger partial charge in [0.05, 0.1) is 16.3 Å². The molecule has 0 aliphatic carbocycles. The molecule has 1 amide bonds. The van der Waals surface area contributed by atoms with Crippen LogP contribution in [0, 0.1) is 12.7 Å². The second-order valence-corrected chi connectivity index (χ2v) is 11.6. The van der Waals surface area contributed by atoms with Crippen LogP contribution in [0.4, 0.5) is 10.1 Å². The third-order valence-electron chi connectivity index (χ3n) is 6.96. The van der Waals surface area contributed by atoms with Crippen LogP contribution in [0.2, 0.25) is 0 Å². The van der Waals surface area contributed by atoms with Gasteiger partial charge >= 0.3 is 0 Å². The highest BCUT2D eigenvalue weighted by molar-refractivity contribution is 7.98. The van der Waals surface area contributed by atoms with Gasteiger partial charge in [-0.15, -0.1) is 21.5 Å². The minimum absolute atomic E-state index is 0.00664. The molecule has 1 saturated heterocycles. The van der Waals surface area contributed by atoms with Crippen LogP contribution in [0.15, 0.2) is 95.5 Å². The molecule has 0 atom stereocenters. The van der Waals surface area contributed by atoms with E-state index < -0.39 is 0 Å². The van der Waals surface area contributed by atoms with Crippen molar-refractivity contribution in [3.63, 3.8) is 0 Å². The number of carbonyl (C=O) groups is 1. The number of halogens is 1. The van der Waals surface area contributed by atoms with Crippen molar-refractivity contribution < 1.29 is 9.18 Å². The standard InChI is InChI=1S/C31H28FN5OS2/c1-22-6-4-7-25(20-22)37-29(28-10-5-19-39-28)33-34-31(37)40-21-23-11-13-24(14-12-23)30(38)36-17-15-35(16-18-36)27-9-3-2-8-26(27)32/h2-14,19-20H,15-18,21H2,1H3. The molecule has 0 bridgehead atoms. The highest BCUT2D eigenvalue weighted by atomic mass is 32.2. The molecule has 6 rings (SSSR count). The highest BCUT2D eigenvalue weighted by Gasteiger charge is 2.24. The van der Waals surface area contributed by atoms with Gasteiger partial charge in [-0.1, -0.05) is 54.2 Å². The van der Waals surface area contributed by atoms with Gasteiger partial charge in [0, 0.05) is 37.5 Å². The van der Waals surface area contributed by atoms with Crippen LogP contribution in [0.3, 0.4) is 0 Å². The Balaban J connectivity index is 1.12. The lowest BCUT2D eigenvalue weighted by molar-refractivity contribution is 0.0746. The Morgan fingerprint density at radius 1 is 0.925 bits per heavy atom. The lowest BCUT2D eigenvalue weighted by Crippen LogP contribution is -2.49. The molecule has 6 nitrogen and oxygen atoms in total. The zero-order valence-electron chi connectivity index (χ0n) is 22.0. The number of carbonyl (C=O) groups excluding carboxylic acids is 1. The zero-order chi connectivity index (χ0) is 27.5. The Bertz CT molecular complexity index is 1610. The minimum Gasteiger partial charge on any atom is -0.366 e. The van der Waals surface area contributed by atoms with E-state index in [-0.39, 0.29) is 11.7 Å². The summed E-state index contributed by atoms with van der Waals surface area (Å²) < 4.78 is 16.3. The van der Waals surface area contributed by atoms with E-state index in [0.29, 0.717) is 43.2 Å². The molecule has 1 aliphatic heterocycles. The number of thiophene rings is 1. The summed E-state index contributed by atoms with van der Waals surface area (Å²) in [4.78, 5) is 18.1. The van der Waals surface area contributed by atoms with Crippen molar-refractivity contribution >= 4 is 34.7 Å². The van der Waals surface area contributed by atoms with Crippen LogP contribution in [0.1, 0.15) is 21.5 Å². The minimum atomic E-state index is -0.226. The molecule has 0 N–H and O–H groups in total. The number of hydrogen-bond acceptors (Lipinski definition) is 6. The normalized spacial score (nSPS) is 13.6. The molecular formula is C31H28FN5OS2. The van der Waals surface area contributed by atoms with Crippen molar-refractivity contribution in [3.8, 4) is 16.4 Å². The fourth-order valence-electron chi connectivity index (χ4n) is 4.86. The maximum Gasteiger partial charge on any atom is 0.253 e. The van der Waals surface area contributed by atoms with Crippen LogP contribution in [0.5, 0.6) is 0 Å². The second kappa shape index (κ2) is 11.7. The monoisotopic (exact) mass is 569 g/mol. The maximum atomic E-state index is 14.2. The summed E-state index contributed by atoms with van der Waals surface area (Å²) in [5, 5.41) is 11.9. The largest absolute Gasteiger partial charge is 0.366 e. The van der Waals surface area contributed by atoms with Crippen LogP contribution in [0.25, 0.3) is 16.4 Å². The van der Waals surface area contributed by atoms with E-state index in [1.807, 2.05) is 57.6 Å². The Hall–Kier alpha value is -3.95. The molecule has 0 radical (unpaired) electrons. The smallest absolute Gasteiger partial charge is 0.253 e. The van der Waals surface area contributed by atoms with Crippen molar-refractivity contribution in [1.82, 2.24) is 19.7 Å². The SMILES string of the molecule is Cc1cccc(-n2c(SCc3ccc(C(=O)N4CCN(c5ccccc5F)CC4)cc3)nnc2-c2cccs2)c1. The quantitative estimate of drug-likeness (QED) is 0.204. The highest BCUT2D eigenvalue weighted by Crippen LogP contribution is 2.32. The first-order valence-electron chi connectivity index (χ1n) is 13.1. The number of aromatic nitrogens is 3. The average molecular weight is 570 g/mol. The Morgan fingerprint density at radius 3 is 2.45 bits per heavy atom. The van der Waals surface area contributed by atoms with Crippen LogP contribution < -0.4 is 4.90 Å². The number of hydrogen-bond donors (Lipinski definition) is 0. The molecule has 2 aromatic heterocycles. The third-order valence-corrected chi connectivity index (χ3v) is 8.83. The predicted octanol–water partition coefficient (Wildman–Crippen LogP) is 6.70. The van der Waals surface area contributed by atoms with Gasteiger partial charge in [-0.2, -0.15) is 0 Å². The van der Waals surface area contributed by atoms with Gasteiger partial charge in [0.2, 0.25) is 0 Å². The number of nitrogens with zero attached hydrogens (tertiary/aromatic N) is 5. The number of piperazine rings is 1. The summed E-state index contributed by atoms with van der Waals surface area (Å²) in [6.07, 6.45) is 0. The molecule has 0 spiro atoms. The summed E-state index contributed by atoms with van der Waals surface area (Å²) >= 11 is 3.27. The lowest BCUT2D eigenvalue weighted by Gasteiger charge is -2.36. The van der Waals surface area contributed by atoms with E-state index in [9.17, 15) is 9.18 Å². The van der Waals surface area contributed by atoms with Gasteiger partial charge in [-0.25, -0.2) is 4.39 Å². The number of para-hydroxylation sites is 1. The fraction of sp³-hybridized carbons (Fsp3) is 0.194. The molecule has 3 aromatic carbocycles. The topological polar surface area (TPSA) is 54.3 Å². The summed E-state index contributed by atoms with van der Waals surface area (Å²) in [5.41, 5.74) is 4.57. The summed E-state index contributed by atoms with van der Waals surface area (Å²) in [6, 6.07) is 27.0. The van der Waals surface area contributed by atoms with Crippen molar-refractivity contribution in [2.45, 2.75) is 17.8 Å². The first-order valence-corrected chi connectivity index (χ1v) is 15.0. The van der Waals surface area contributed by atoms with E-state index in [1.165, 1.54) is 11.6 Å². The number of aryl methyl sites for hydroxylation is 1. The van der Waals surface area contributed by atoms with E-state index in [2.05, 4.69) is 46.0 Å². The molecule has 3 heterocycles.